The van der Waals surface area contributed by atoms with E-state index in [9.17, 15) is 4.39 Å². The van der Waals surface area contributed by atoms with Gasteiger partial charge in [0.1, 0.15) is 17.6 Å². The average Bonchev–Trinajstić information content (AvgIpc) is 2.29. The van der Waals surface area contributed by atoms with Crippen molar-refractivity contribution in [2.75, 3.05) is 0 Å². The molecule has 1 aromatic carbocycles. The lowest BCUT2D eigenvalue weighted by atomic mass is 10.1. The fourth-order valence-electron chi connectivity index (χ4n) is 1.30. The average molecular weight is 198 g/mol. The Balaban J connectivity index is 2.42. The topological polar surface area (TPSA) is 36.7 Å². The molecule has 0 aliphatic heterocycles. The zero-order valence-electron chi connectivity index (χ0n) is 7.81. The Morgan fingerprint density at radius 3 is 2.60 bits per heavy atom. The van der Waals surface area contributed by atoms with Gasteiger partial charge in [0.25, 0.3) is 0 Å². The number of halogens is 1. The zero-order chi connectivity index (χ0) is 10.7. The second-order valence-corrected chi connectivity index (χ2v) is 3.05. The summed E-state index contributed by atoms with van der Waals surface area (Å²) in [5.74, 6) is -0.281. The Bertz CT molecular complexity index is 512. The van der Waals surface area contributed by atoms with E-state index in [1.54, 1.807) is 30.5 Å². The van der Waals surface area contributed by atoms with Gasteiger partial charge >= 0.3 is 0 Å². The molecule has 0 N–H and O–H groups in total. The maximum Gasteiger partial charge on any atom is 0.140 e. The van der Waals surface area contributed by atoms with E-state index in [2.05, 4.69) is 4.98 Å². The van der Waals surface area contributed by atoms with Gasteiger partial charge in [0, 0.05) is 11.8 Å². The molecule has 3 heteroatoms. The monoisotopic (exact) mass is 198 g/mol. The predicted molar refractivity (Wildman–Crippen MR) is 54.3 cm³/mol. The normalized spacial score (nSPS) is 9.60. The van der Waals surface area contributed by atoms with Gasteiger partial charge in [0.05, 0.1) is 0 Å². The number of pyridine rings is 1. The molecular weight excluding hydrogens is 191 g/mol. The van der Waals surface area contributed by atoms with Crippen LogP contribution in [0.2, 0.25) is 0 Å². The number of benzene rings is 1. The molecular formula is C12H7FN2. The van der Waals surface area contributed by atoms with Crippen molar-refractivity contribution in [3.05, 3.63) is 54.1 Å². The maximum absolute atomic E-state index is 12.9. The van der Waals surface area contributed by atoms with Crippen LogP contribution < -0.4 is 0 Å². The van der Waals surface area contributed by atoms with Crippen LogP contribution in [0, 0.1) is 17.1 Å². The van der Waals surface area contributed by atoms with Crippen molar-refractivity contribution in [1.29, 1.82) is 5.26 Å². The zero-order valence-corrected chi connectivity index (χ0v) is 7.81. The van der Waals surface area contributed by atoms with E-state index >= 15 is 0 Å². The Morgan fingerprint density at radius 1 is 1.13 bits per heavy atom. The van der Waals surface area contributed by atoms with Gasteiger partial charge in [-0.15, -0.1) is 0 Å². The molecule has 2 nitrogen and oxygen atoms in total. The molecule has 0 aliphatic rings. The van der Waals surface area contributed by atoms with Crippen molar-refractivity contribution in [3.8, 4) is 17.2 Å². The van der Waals surface area contributed by atoms with Gasteiger partial charge in [0.2, 0.25) is 0 Å². The molecule has 1 heterocycles. The van der Waals surface area contributed by atoms with Crippen molar-refractivity contribution in [3.63, 3.8) is 0 Å². The van der Waals surface area contributed by atoms with Crippen LogP contribution in [-0.4, -0.2) is 4.98 Å². The molecule has 0 spiro atoms. The van der Waals surface area contributed by atoms with Gasteiger partial charge < -0.3 is 0 Å². The molecule has 15 heavy (non-hydrogen) atoms. The second kappa shape index (κ2) is 3.89. The SMILES string of the molecule is N#Cc1ccc(-c2cccc(F)c2)cn1. The lowest BCUT2D eigenvalue weighted by Crippen LogP contribution is -1.84. The van der Waals surface area contributed by atoms with Crippen LogP contribution in [0.3, 0.4) is 0 Å². The molecule has 72 valence electrons. The van der Waals surface area contributed by atoms with E-state index < -0.39 is 0 Å². The van der Waals surface area contributed by atoms with Crippen molar-refractivity contribution in [1.82, 2.24) is 4.98 Å². The molecule has 0 radical (unpaired) electrons. The maximum atomic E-state index is 12.9. The van der Waals surface area contributed by atoms with Crippen LogP contribution in [0.5, 0.6) is 0 Å². The highest BCUT2D eigenvalue weighted by molar-refractivity contribution is 5.62. The van der Waals surface area contributed by atoms with Gasteiger partial charge in [-0.3, -0.25) is 0 Å². The number of hydrogen-bond donors (Lipinski definition) is 0. The summed E-state index contributed by atoms with van der Waals surface area (Å²) in [6.45, 7) is 0. The van der Waals surface area contributed by atoms with Gasteiger partial charge in [-0.25, -0.2) is 9.37 Å². The van der Waals surface area contributed by atoms with Gasteiger partial charge in [0.15, 0.2) is 0 Å². The molecule has 0 aliphatic carbocycles. The number of nitrogens with zero attached hydrogens (tertiary/aromatic N) is 2. The standard InChI is InChI=1S/C12H7FN2/c13-11-3-1-2-9(6-11)10-4-5-12(7-14)15-8-10/h1-6,8H. The van der Waals surface area contributed by atoms with Gasteiger partial charge in [-0.1, -0.05) is 12.1 Å². The summed E-state index contributed by atoms with van der Waals surface area (Å²) in [5.41, 5.74) is 1.91. The van der Waals surface area contributed by atoms with E-state index in [1.165, 1.54) is 12.1 Å². The third-order valence-electron chi connectivity index (χ3n) is 2.04. The van der Waals surface area contributed by atoms with E-state index in [1.807, 2.05) is 6.07 Å². The first-order chi connectivity index (χ1) is 7.29. The van der Waals surface area contributed by atoms with Crippen LogP contribution in [-0.2, 0) is 0 Å². The van der Waals surface area contributed by atoms with Gasteiger partial charge in [-0.2, -0.15) is 5.26 Å². The van der Waals surface area contributed by atoms with Crippen molar-refractivity contribution in [2.45, 2.75) is 0 Å². The Kier molecular flexibility index (Phi) is 2.42. The molecule has 0 fully saturated rings. The molecule has 0 amide bonds. The summed E-state index contributed by atoms with van der Waals surface area (Å²) in [6.07, 6.45) is 1.56. The molecule has 0 saturated heterocycles. The number of hydrogen-bond acceptors (Lipinski definition) is 2. The van der Waals surface area contributed by atoms with Crippen molar-refractivity contribution in [2.24, 2.45) is 0 Å². The van der Waals surface area contributed by atoms with E-state index in [0.29, 0.717) is 5.69 Å². The summed E-state index contributed by atoms with van der Waals surface area (Å²) < 4.78 is 12.9. The molecule has 2 rings (SSSR count). The Labute approximate surface area is 86.6 Å². The summed E-state index contributed by atoms with van der Waals surface area (Å²) in [4.78, 5) is 3.92. The highest BCUT2D eigenvalue weighted by Gasteiger charge is 1.99. The van der Waals surface area contributed by atoms with Gasteiger partial charge in [-0.05, 0) is 29.8 Å². The number of rotatable bonds is 1. The second-order valence-electron chi connectivity index (χ2n) is 3.05. The minimum Gasteiger partial charge on any atom is -0.245 e. The third kappa shape index (κ3) is 2.00. The van der Waals surface area contributed by atoms with Crippen molar-refractivity contribution >= 4 is 0 Å². The number of nitriles is 1. The van der Waals surface area contributed by atoms with Crippen LogP contribution in [0.25, 0.3) is 11.1 Å². The fourth-order valence-corrected chi connectivity index (χ4v) is 1.30. The van der Waals surface area contributed by atoms with Crippen LogP contribution in [0.15, 0.2) is 42.6 Å². The lowest BCUT2D eigenvalue weighted by Gasteiger charge is -2.00. The first-order valence-electron chi connectivity index (χ1n) is 4.42. The fraction of sp³-hybridized carbons (Fsp3) is 0. The molecule has 2 aromatic rings. The summed E-state index contributed by atoms with van der Waals surface area (Å²) in [6, 6.07) is 11.6. The van der Waals surface area contributed by atoms with Crippen LogP contribution in [0.4, 0.5) is 4.39 Å². The largest absolute Gasteiger partial charge is 0.245 e. The minimum absolute atomic E-state index is 0.281. The highest BCUT2D eigenvalue weighted by atomic mass is 19.1. The molecule has 0 atom stereocenters. The Morgan fingerprint density at radius 2 is 2.00 bits per heavy atom. The van der Waals surface area contributed by atoms with E-state index in [-0.39, 0.29) is 5.82 Å². The lowest BCUT2D eigenvalue weighted by molar-refractivity contribution is 0.628. The first-order valence-corrected chi connectivity index (χ1v) is 4.42. The summed E-state index contributed by atoms with van der Waals surface area (Å²) >= 11 is 0. The molecule has 0 unspecified atom stereocenters. The quantitative estimate of drug-likeness (QED) is 0.706. The summed E-state index contributed by atoms with van der Waals surface area (Å²) in [7, 11) is 0. The number of aromatic nitrogens is 1. The predicted octanol–water partition coefficient (Wildman–Crippen LogP) is 2.76. The van der Waals surface area contributed by atoms with Crippen LogP contribution in [0.1, 0.15) is 5.69 Å². The van der Waals surface area contributed by atoms with E-state index in [0.717, 1.165) is 11.1 Å². The molecule has 0 saturated carbocycles. The first kappa shape index (κ1) is 9.35. The summed E-state index contributed by atoms with van der Waals surface area (Å²) in [5, 5.41) is 8.57. The molecule has 0 bridgehead atoms. The van der Waals surface area contributed by atoms with Crippen molar-refractivity contribution < 1.29 is 4.39 Å². The smallest absolute Gasteiger partial charge is 0.140 e. The van der Waals surface area contributed by atoms with E-state index in [4.69, 9.17) is 5.26 Å². The highest BCUT2D eigenvalue weighted by Crippen LogP contribution is 2.18. The molecule has 1 aromatic heterocycles. The van der Waals surface area contributed by atoms with Crippen LogP contribution >= 0.6 is 0 Å². The Hall–Kier alpha value is -2.21. The minimum atomic E-state index is -0.281. The third-order valence-corrected chi connectivity index (χ3v) is 2.04.